The molecule has 11 heteroatoms. The van der Waals surface area contributed by atoms with E-state index in [9.17, 15) is 19.9 Å². The Balaban J connectivity index is 1.28. The number of thioether (sulfide) groups is 1. The minimum absolute atomic E-state index is 0.00888. The summed E-state index contributed by atoms with van der Waals surface area (Å²) in [6.07, 6.45) is 0.386. The summed E-state index contributed by atoms with van der Waals surface area (Å²) in [6.45, 7) is 4.13. The van der Waals surface area contributed by atoms with E-state index in [2.05, 4.69) is 17.6 Å². The van der Waals surface area contributed by atoms with Crippen LogP contribution >= 0.6 is 11.8 Å². The molecule has 47 heavy (non-hydrogen) atoms. The van der Waals surface area contributed by atoms with Crippen LogP contribution in [0.5, 0.6) is 0 Å². The van der Waals surface area contributed by atoms with Gasteiger partial charge in [0, 0.05) is 35.9 Å². The summed E-state index contributed by atoms with van der Waals surface area (Å²) in [5, 5.41) is 27.7. The molecular formula is C36H39N3O7S. The molecule has 0 radical (unpaired) electrons. The lowest BCUT2D eigenvalue weighted by Gasteiger charge is -2.41. The Hall–Kier alpha value is -4.42. The van der Waals surface area contributed by atoms with Gasteiger partial charge in [-0.25, -0.2) is 4.79 Å². The standard InChI is InChI=1S/C36H39N3O7S/c1-3-44-33(41)21-38-36(42)37-20-26-7-6-8-30(19-26)27-14-16-29(17-15-27)35-45-31(23-47-32-9-4-5-18-39(32)43)24(2)34(46-35)28-12-10-25(22-40)11-13-28/h4-19,24,31,34-35,40H,3,20-23H2,1-2H3,(H2,37,38,42)/t24-,31+,34+,35+/m0/s1. The number of urea groups is 1. The molecule has 3 N–H and O–H groups in total. The molecule has 1 fully saturated rings. The molecule has 1 aliphatic heterocycles. The number of rotatable bonds is 12. The smallest absolute Gasteiger partial charge is 0.325 e. The van der Waals surface area contributed by atoms with E-state index in [-0.39, 0.29) is 44.4 Å². The number of hydrogen-bond acceptors (Lipinski definition) is 8. The first kappa shape index (κ1) is 33.9. The number of pyridine rings is 1. The highest BCUT2D eigenvalue weighted by Gasteiger charge is 2.38. The summed E-state index contributed by atoms with van der Waals surface area (Å²) < 4.78 is 18.8. The third kappa shape index (κ3) is 9.11. The monoisotopic (exact) mass is 657 g/mol. The van der Waals surface area contributed by atoms with Gasteiger partial charge in [0.25, 0.3) is 5.03 Å². The second-order valence-corrected chi connectivity index (χ2v) is 12.2. The quantitative estimate of drug-likeness (QED) is 0.0796. The van der Waals surface area contributed by atoms with Crippen LogP contribution in [0.3, 0.4) is 0 Å². The fourth-order valence-corrected chi connectivity index (χ4v) is 6.38. The number of aliphatic hydroxyl groups excluding tert-OH is 1. The first-order chi connectivity index (χ1) is 22.8. The Bertz CT molecular complexity index is 1630. The molecule has 0 saturated carbocycles. The summed E-state index contributed by atoms with van der Waals surface area (Å²) in [5.41, 5.74) is 5.55. The van der Waals surface area contributed by atoms with Gasteiger partial charge in [-0.2, -0.15) is 4.73 Å². The first-order valence-electron chi connectivity index (χ1n) is 15.5. The first-order valence-corrected chi connectivity index (χ1v) is 16.5. The topological polar surface area (TPSA) is 133 Å². The molecule has 0 spiro atoms. The Morgan fingerprint density at radius 3 is 2.40 bits per heavy atom. The SMILES string of the molecule is CCOC(=O)CNC(=O)NCc1cccc(-c2ccc([C@@H]3O[C@H](CSc4cccc[n+]4[O-])[C@H](C)[C@H](c4ccc(CO)cc4)O3)cc2)c1. The van der Waals surface area contributed by atoms with E-state index in [1.807, 2.05) is 78.9 Å². The van der Waals surface area contributed by atoms with Crippen molar-refractivity contribution in [3.63, 3.8) is 0 Å². The second kappa shape index (κ2) is 16.4. The van der Waals surface area contributed by atoms with Gasteiger partial charge in [0.2, 0.25) is 0 Å². The average Bonchev–Trinajstić information content (AvgIpc) is 3.10. The maximum absolute atomic E-state index is 12.3. The number of nitrogens with zero attached hydrogens (tertiary/aromatic N) is 1. The summed E-state index contributed by atoms with van der Waals surface area (Å²) in [6, 6.07) is 28.5. The highest BCUT2D eigenvalue weighted by atomic mass is 32.2. The minimum atomic E-state index is -0.632. The summed E-state index contributed by atoms with van der Waals surface area (Å²) in [4.78, 5) is 23.6. The number of amides is 2. The van der Waals surface area contributed by atoms with Crippen molar-refractivity contribution in [1.29, 1.82) is 0 Å². The molecule has 10 nitrogen and oxygen atoms in total. The van der Waals surface area contributed by atoms with Crippen LogP contribution in [0.25, 0.3) is 11.1 Å². The van der Waals surface area contributed by atoms with E-state index in [1.54, 1.807) is 19.1 Å². The number of aliphatic hydroxyl groups is 1. The molecule has 4 atom stereocenters. The Morgan fingerprint density at radius 2 is 1.68 bits per heavy atom. The molecule has 2 amide bonds. The number of ether oxygens (including phenoxy) is 3. The molecule has 5 rings (SSSR count). The Labute approximate surface area is 278 Å². The lowest BCUT2D eigenvalue weighted by Crippen LogP contribution is -2.39. The van der Waals surface area contributed by atoms with Gasteiger partial charge in [0.1, 0.15) is 6.54 Å². The molecule has 0 unspecified atom stereocenters. The van der Waals surface area contributed by atoms with Gasteiger partial charge in [0.15, 0.2) is 12.5 Å². The van der Waals surface area contributed by atoms with E-state index in [4.69, 9.17) is 14.2 Å². The molecule has 246 valence electrons. The number of carbonyl (C=O) groups is 2. The molecule has 2 heterocycles. The van der Waals surface area contributed by atoms with Crippen LogP contribution < -0.4 is 15.4 Å². The van der Waals surface area contributed by atoms with Crippen LogP contribution in [0.2, 0.25) is 0 Å². The van der Waals surface area contributed by atoms with Crippen molar-refractivity contribution in [2.24, 2.45) is 5.92 Å². The molecule has 0 aliphatic carbocycles. The van der Waals surface area contributed by atoms with E-state index < -0.39 is 18.3 Å². The van der Waals surface area contributed by atoms with Gasteiger partial charge in [-0.15, -0.1) is 0 Å². The summed E-state index contributed by atoms with van der Waals surface area (Å²) in [5.74, 6) is 0.0703. The van der Waals surface area contributed by atoms with E-state index in [0.717, 1.165) is 38.1 Å². The zero-order valence-electron chi connectivity index (χ0n) is 26.3. The Kier molecular flexibility index (Phi) is 11.9. The van der Waals surface area contributed by atoms with Crippen molar-refractivity contribution in [3.8, 4) is 11.1 Å². The van der Waals surface area contributed by atoms with Crippen LogP contribution in [0.4, 0.5) is 4.79 Å². The highest BCUT2D eigenvalue weighted by molar-refractivity contribution is 7.99. The molecule has 1 aromatic heterocycles. The largest absolute Gasteiger partial charge is 0.618 e. The van der Waals surface area contributed by atoms with Crippen molar-refractivity contribution in [2.45, 2.75) is 50.5 Å². The van der Waals surface area contributed by atoms with Gasteiger partial charge in [-0.05, 0) is 46.9 Å². The van der Waals surface area contributed by atoms with Crippen molar-refractivity contribution < 1.29 is 33.6 Å². The van der Waals surface area contributed by atoms with Gasteiger partial charge in [0.05, 0.1) is 25.4 Å². The van der Waals surface area contributed by atoms with Gasteiger partial charge in [-0.3, -0.25) is 4.79 Å². The van der Waals surface area contributed by atoms with Crippen molar-refractivity contribution in [3.05, 3.63) is 125 Å². The Morgan fingerprint density at radius 1 is 0.915 bits per heavy atom. The number of carbonyl (C=O) groups excluding carboxylic acids is 2. The third-order valence-electron chi connectivity index (χ3n) is 7.90. The van der Waals surface area contributed by atoms with Crippen LogP contribution in [-0.2, 0) is 32.2 Å². The highest BCUT2D eigenvalue weighted by Crippen LogP contribution is 2.43. The number of aromatic nitrogens is 1. The van der Waals surface area contributed by atoms with E-state index in [0.29, 0.717) is 10.8 Å². The molecule has 1 aliphatic rings. The maximum Gasteiger partial charge on any atom is 0.325 e. The number of esters is 1. The van der Waals surface area contributed by atoms with Crippen molar-refractivity contribution in [1.82, 2.24) is 10.6 Å². The minimum Gasteiger partial charge on any atom is -0.618 e. The van der Waals surface area contributed by atoms with Crippen molar-refractivity contribution in [2.75, 3.05) is 18.9 Å². The fraction of sp³-hybridized carbons (Fsp3) is 0.306. The predicted molar refractivity (Wildman–Crippen MR) is 178 cm³/mol. The molecule has 4 aromatic rings. The molecule has 1 saturated heterocycles. The van der Waals surface area contributed by atoms with Crippen molar-refractivity contribution >= 4 is 23.8 Å². The average molecular weight is 658 g/mol. The van der Waals surface area contributed by atoms with E-state index >= 15 is 0 Å². The lowest BCUT2D eigenvalue weighted by atomic mass is 9.91. The van der Waals surface area contributed by atoms with E-state index in [1.165, 1.54) is 18.0 Å². The predicted octanol–water partition coefficient (Wildman–Crippen LogP) is 5.43. The zero-order valence-corrected chi connectivity index (χ0v) is 27.2. The number of hydrogen-bond donors (Lipinski definition) is 3. The molecule has 3 aromatic carbocycles. The number of benzene rings is 3. The van der Waals surface area contributed by atoms with Gasteiger partial charge in [-0.1, -0.05) is 85.4 Å². The third-order valence-corrected chi connectivity index (χ3v) is 9.01. The fourth-order valence-electron chi connectivity index (χ4n) is 5.30. The lowest BCUT2D eigenvalue weighted by molar-refractivity contribution is -0.645. The summed E-state index contributed by atoms with van der Waals surface area (Å²) in [7, 11) is 0. The van der Waals surface area contributed by atoms with Gasteiger partial charge >= 0.3 is 12.0 Å². The second-order valence-electron chi connectivity index (χ2n) is 11.2. The number of nitrogens with one attached hydrogen (secondary N) is 2. The normalized spacial score (nSPS) is 19.1. The molecule has 0 bridgehead atoms. The summed E-state index contributed by atoms with van der Waals surface area (Å²) >= 11 is 1.46. The maximum atomic E-state index is 12.3. The van der Waals surface area contributed by atoms with Gasteiger partial charge < -0.3 is 35.2 Å². The van der Waals surface area contributed by atoms with Crippen LogP contribution in [0.1, 0.15) is 48.5 Å². The van der Waals surface area contributed by atoms with Crippen LogP contribution in [0.15, 0.2) is 102 Å². The zero-order chi connectivity index (χ0) is 33.2. The molecular weight excluding hydrogens is 618 g/mol. The van der Waals surface area contributed by atoms with Crippen LogP contribution in [0, 0.1) is 11.1 Å². The van der Waals surface area contributed by atoms with Crippen LogP contribution in [-0.4, -0.2) is 42.1 Å².